The van der Waals surface area contributed by atoms with Gasteiger partial charge in [-0.15, -0.1) is 0 Å². The first kappa shape index (κ1) is 24.4. The number of piperidine rings is 1. The Bertz CT molecular complexity index is 781. The number of aromatic nitrogens is 1. The predicted molar refractivity (Wildman–Crippen MR) is 124 cm³/mol. The average molecular weight is 417 g/mol. The third-order valence-corrected chi connectivity index (χ3v) is 5.56. The summed E-state index contributed by atoms with van der Waals surface area (Å²) in [5.74, 6) is -0.373. The van der Waals surface area contributed by atoms with E-state index in [-0.39, 0.29) is 12.1 Å². The molecule has 0 aromatic carbocycles. The fraction of sp³-hybridized carbons (Fsp3) is 0.680. The summed E-state index contributed by atoms with van der Waals surface area (Å²) in [5, 5.41) is 0. The maximum Gasteiger partial charge on any atom is 0.340 e. The summed E-state index contributed by atoms with van der Waals surface area (Å²) in [6.45, 7) is 24.1. The third-order valence-electron chi connectivity index (χ3n) is 5.56. The molecular formula is C25H40N2O3. The highest BCUT2D eigenvalue weighted by Gasteiger charge is 2.36. The number of hydrogen-bond donors (Lipinski definition) is 0. The lowest BCUT2D eigenvalue weighted by Crippen LogP contribution is -2.39. The Balaban J connectivity index is 2.68. The van der Waals surface area contributed by atoms with E-state index in [0.717, 1.165) is 54.1 Å². The molecule has 5 heteroatoms. The van der Waals surface area contributed by atoms with Crippen molar-refractivity contribution in [3.05, 3.63) is 29.1 Å². The third kappa shape index (κ3) is 5.84. The Morgan fingerprint density at radius 1 is 1.17 bits per heavy atom. The van der Waals surface area contributed by atoms with Gasteiger partial charge in [0.1, 0.15) is 0 Å². The van der Waals surface area contributed by atoms with Crippen molar-refractivity contribution in [1.82, 2.24) is 4.98 Å². The number of anilines is 1. The number of pyridine rings is 1. The summed E-state index contributed by atoms with van der Waals surface area (Å²) in [4.78, 5) is 20.3. The minimum atomic E-state index is -0.843. The fourth-order valence-corrected chi connectivity index (χ4v) is 3.97. The van der Waals surface area contributed by atoms with Gasteiger partial charge in [-0.1, -0.05) is 26.5 Å². The first-order valence-corrected chi connectivity index (χ1v) is 11.0. The molecule has 0 bridgehead atoms. The molecule has 0 amide bonds. The van der Waals surface area contributed by atoms with Crippen LogP contribution in [-0.2, 0) is 14.3 Å². The van der Waals surface area contributed by atoms with Crippen molar-refractivity contribution in [3.63, 3.8) is 0 Å². The van der Waals surface area contributed by atoms with Crippen molar-refractivity contribution in [2.24, 2.45) is 5.41 Å². The highest BCUT2D eigenvalue weighted by Crippen LogP contribution is 2.41. The van der Waals surface area contributed by atoms with Crippen molar-refractivity contribution in [3.8, 4) is 0 Å². The lowest BCUT2D eigenvalue weighted by Gasteiger charge is -2.41. The first-order chi connectivity index (χ1) is 13.8. The largest absolute Gasteiger partial charge is 0.461 e. The summed E-state index contributed by atoms with van der Waals surface area (Å²) in [6.07, 6.45) is 2.96. The molecule has 2 heterocycles. The molecule has 0 unspecified atom stereocenters. The van der Waals surface area contributed by atoms with Gasteiger partial charge in [-0.3, -0.25) is 4.98 Å². The van der Waals surface area contributed by atoms with Crippen molar-refractivity contribution >= 4 is 17.7 Å². The van der Waals surface area contributed by atoms with Crippen molar-refractivity contribution in [2.75, 3.05) is 18.0 Å². The van der Waals surface area contributed by atoms with E-state index in [1.54, 1.807) is 0 Å². The second kappa shape index (κ2) is 9.09. The van der Waals surface area contributed by atoms with Gasteiger partial charge < -0.3 is 14.4 Å². The molecule has 0 saturated carbocycles. The number of aryl methyl sites for hydroxylation is 2. The molecule has 1 aliphatic heterocycles. The summed E-state index contributed by atoms with van der Waals surface area (Å²) < 4.78 is 11.9. The minimum Gasteiger partial charge on any atom is -0.461 e. The Hall–Kier alpha value is -1.88. The molecule has 168 valence electrons. The molecule has 0 N–H and O–H groups in total. The molecule has 1 fully saturated rings. The average Bonchev–Trinajstić information content (AvgIpc) is 2.58. The highest BCUT2D eigenvalue weighted by molar-refractivity contribution is 5.83. The van der Waals surface area contributed by atoms with Crippen LogP contribution in [0.25, 0.3) is 6.08 Å². The lowest BCUT2D eigenvalue weighted by molar-refractivity contribution is -0.171. The zero-order valence-electron chi connectivity index (χ0n) is 20.4. The molecule has 1 atom stereocenters. The molecule has 0 aliphatic carbocycles. The fourth-order valence-electron chi connectivity index (χ4n) is 3.97. The molecule has 1 aromatic heterocycles. The van der Waals surface area contributed by atoms with Crippen LogP contribution >= 0.6 is 0 Å². The Kier molecular flexibility index (Phi) is 7.39. The quantitative estimate of drug-likeness (QED) is 0.551. The van der Waals surface area contributed by atoms with Crippen LogP contribution < -0.4 is 4.90 Å². The van der Waals surface area contributed by atoms with Gasteiger partial charge in [-0.2, -0.15) is 0 Å². The van der Waals surface area contributed by atoms with Crippen LogP contribution in [0.1, 0.15) is 89.9 Å². The molecular weight excluding hydrogens is 376 g/mol. The molecule has 1 saturated heterocycles. The Morgan fingerprint density at radius 3 is 2.20 bits per heavy atom. The van der Waals surface area contributed by atoms with Gasteiger partial charge in [0.05, 0.1) is 17.4 Å². The van der Waals surface area contributed by atoms with Crippen LogP contribution in [0.4, 0.5) is 5.69 Å². The SMILES string of the molecule is C=Cc1c(C)nc(C)c([C@H](OC(C)(C)C)C(=O)OC(C)C)c1N1CCC(C)(C)CC1. The van der Waals surface area contributed by atoms with E-state index in [4.69, 9.17) is 14.5 Å². The van der Waals surface area contributed by atoms with E-state index in [9.17, 15) is 4.79 Å². The maximum absolute atomic E-state index is 13.2. The van der Waals surface area contributed by atoms with Gasteiger partial charge in [0.2, 0.25) is 0 Å². The van der Waals surface area contributed by atoms with E-state index in [0.29, 0.717) is 5.41 Å². The van der Waals surface area contributed by atoms with E-state index >= 15 is 0 Å². The number of rotatable bonds is 6. The molecule has 0 radical (unpaired) electrons. The van der Waals surface area contributed by atoms with Gasteiger partial charge in [0.25, 0.3) is 0 Å². The number of carbonyl (C=O) groups is 1. The monoisotopic (exact) mass is 416 g/mol. The van der Waals surface area contributed by atoms with Crippen LogP contribution in [0.2, 0.25) is 0 Å². The smallest absolute Gasteiger partial charge is 0.340 e. The number of ether oxygens (including phenoxy) is 2. The molecule has 30 heavy (non-hydrogen) atoms. The number of carbonyl (C=O) groups excluding carboxylic acids is 1. The summed E-state index contributed by atoms with van der Waals surface area (Å²) >= 11 is 0. The second-order valence-electron chi connectivity index (χ2n) is 10.4. The van der Waals surface area contributed by atoms with Crippen LogP contribution in [0, 0.1) is 19.3 Å². The van der Waals surface area contributed by atoms with Crippen LogP contribution in [0.3, 0.4) is 0 Å². The van der Waals surface area contributed by atoms with Gasteiger partial charge >= 0.3 is 5.97 Å². The highest BCUT2D eigenvalue weighted by atomic mass is 16.6. The zero-order valence-corrected chi connectivity index (χ0v) is 20.4. The van der Waals surface area contributed by atoms with Crippen molar-refractivity contribution in [2.45, 2.75) is 93.0 Å². The Morgan fingerprint density at radius 2 is 1.73 bits per heavy atom. The van der Waals surface area contributed by atoms with Crippen molar-refractivity contribution < 1.29 is 14.3 Å². The van der Waals surface area contributed by atoms with E-state index in [2.05, 4.69) is 25.3 Å². The summed E-state index contributed by atoms with van der Waals surface area (Å²) in [6, 6.07) is 0. The van der Waals surface area contributed by atoms with Gasteiger partial charge in [-0.25, -0.2) is 4.79 Å². The van der Waals surface area contributed by atoms with Gasteiger partial charge in [0, 0.05) is 35.6 Å². The molecule has 5 nitrogen and oxygen atoms in total. The van der Waals surface area contributed by atoms with Crippen LogP contribution in [0.5, 0.6) is 0 Å². The van der Waals surface area contributed by atoms with E-state index in [1.807, 2.05) is 54.5 Å². The Labute approximate surface area is 182 Å². The number of hydrogen-bond acceptors (Lipinski definition) is 5. The number of esters is 1. The lowest BCUT2D eigenvalue weighted by atomic mass is 9.82. The summed E-state index contributed by atoms with van der Waals surface area (Å²) in [7, 11) is 0. The maximum atomic E-state index is 13.2. The molecule has 1 aliphatic rings. The molecule has 1 aromatic rings. The molecule has 0 spiro atoms. The first-order valence-electron chi connectivity index (χ1n) is 11.0. The predicted octanol–water partition coefficient (Wildman–Crippen LogP) is 5.78. The summed E-state index contributed by atoms with van der Waals surface area (Å²) in [5.41, 5.74) is 4.30. The molecule has 2 rings (SSSR count). The topological polar surface area (TPSA) is 51.7 Å². The van der Waals surface area contributed by atoms with E-state index in [1.165, 1.54) is 0 Å². The van der Waals surface area contributed by atoms with Crippen molar-refractivity contribution in [1.29, 1.82) is 0 Å². The zero-order chi connectivity index (χ0) is 22.9. The number of nitrogens with zero attached hydrogens (tertiary/aromatic N) is 2. The second-order valence-corrected chi connectivity index (χ2v) is 10.4. The van der Waals surface area contributed by atoms with E-state index < -0.39 is 11.7 Å². The van der Waals surface area contributed by atoms with Gasteiger partial charge in [0.15, 0.2) is 6.10 Å². The van der Waals surface area contributed by atoms with Crippen LogP contribution in [0.15, 0.2) is 6.58 Å². The van der Waals surface area contributed by atoms with Crippen LogP contribution in [-0.4, -0.2) is 35.7 Å². The normalized spacial score (nSPS) is 17.7. The van der Waals surface area contributed by atoms with Gasteiger partial charge in [-0.05, 0) is 66.7 Å². The minimum absolute atomic E-state index is 0.222. The standard InChI is InChI=1S/C25H40N2O3/c1-11-19-17(4)26-18(5)20(21(19)27-14-12-25(9,10)13-15-27)22(30-24(6,7)8)23(28)29-16(2)3/h11,16,22H,1,12-15H2,2-10H3/t22-/m0/s1.